The molecule has 0 spiro atoms. The van der Waals surface area contributed by atoms with Crippen molar-refractivity contribution >= 4 is 22.6 Å². The topological polar surface area (TPSA) is 79.2 Å². The van der Waals surface area contributed by atoms with Crippen molar-refractivity contribution in [3.05, 3.63) is 48.0 Å². The van der Waals surface area contributed by atoms with Crippen molar-refractivity contribution < 1.29 is 14.3 Å². The molecule has 0 atom stereocenters. The van der Waals surface area contributed by atoms with Crippen LogP contribution in [0.25, 0.3) is 10.8 Å². The van der Waals surface area contributed by atoms with E-state index in [0.717, 1.165) is 35.6 Å². The fourth-order valence-corrected chi connectivity index (χ4v) is 3.52. The van der Waals surface area contributed by atoms with Gasteiger partial charge < -0.3 is 10.1 Å². The highest BCUT2D eigenvalue weighted by atomic mass is 16.5. The molecule has 0 bridgehead atoms. The van der Waals surface area contributed by atoms with E-state index in [1.807, 2.05) is 42.5 Å². The largest absolute Gasteiger partial charge is 0.455 e. The maximum Gasteiger partial charge on any atom is 0.310 e. The van der Waals surface area contributed by atoms with Gasteiger partial charge in [-0.05, 0) is 29.2 Å². The molecule has 1 saturated carbocycles. The zero-order valence-corrected chi connectivity index (χ0v) is 14.7. The fourth-order valence-electron chi connectivity index (χ4n) is 3.52. The van der Waals surface area contributed by atoms with Crippen LogP contribution in [0, 0.1) is 11.3 Å². The molecule has 0 unspecified atom stereocenters. The van der Waals surface area contributed by atoms with Gasteiger partial charge in [-0.15, -0.1) is 0 Å². The molecule has 0 saturated heterocycles. The summed E-state index contributed by atoms with van der Waals surface area (Å²) in [6.45, 7) is -0.354. The molecule has 1 fully saturated rings. The number of esters is 1. The van der Waals surface area contributed by atoms with Gasteiger partial charge >= 0.3 is 5.97 Å². The molecular weight excluding hydrogens is 328 g/mol. The Kier molecular flexibility index (Phi) is 5.52. The van der Waals surface area contributed by atoms with E-state index >= 15 is 0 Å². The minimum Gasteiger partial charge on any atom is -0.455 e. The highest BCUT2D eigenvalue weighted by molar-refractivity contribution is 5.89. The Balaban J connectivity index is 1.55. The number of rotatable bonds is 5. The molecule has 1 aliphatic rings. The summed E-state index contributed by atoms with van der Waals surface area (Å²) in [6.07, 6.45) is 4.35. The first-order valence-corrected chi connectivity index (χ1v) is 8.96. The van der Waals surface area contributed by atoms with Gasteiger partial charge in [-0.2, -0.15) is 5.26 Å². The van der Waals surface area contributed by atoms with Crippen LogP contribution in [0.4, 0.5) is 0 Å². The van der Waals surface area contributed by atoms with Crippen molar-refractivity contribution in [1.82, 2.24) is 5.32 Å². The van der Waals surface area contributed by atoms with Crippen LogP contribution in [0.1, 0.15) is 37.7 Å². The number of ether oxygens (including phenoxy) is 1. The summed E-state index contributed by atoms with van der Waals surface area (Å²) in [7, 11) is 0. The lowest BCUT2D eigenvalue weighted by Gasteiger charge is -2.31. The molecule has 0 radical (unpaired) electrons. The van der Waals surface area contributed by atoms with E-state index in [0.29, 0.717) is 12.8 Å². The molecule has 26 heavy (non-hydrogen) atoms. The van der Waals surface area contributed by atoms with Crippen LogP contribution in [0.15, 0.2) is 42.5 Å². The summed E-state index contributed by atoms with van der Waals surface area (Å²) in [5, 5.41) is 14.2. The van der Waals surface area contributed by atoms with Crippen molar-refractivity contribution in [2.24, 2.45) is 0 Å². The average molecular weight is 350 g/mol. The maximum absolute atomic E-state index is 12.1. The van der Waals surface area contributed by atoms with Crippen molar-refractivity contribution in [2.75, 3.05) is 6.61 Å². The Morgan fingerprint density at radius 3 is 2.58 bits per heavy atom. The molecule has 134 valence electrons. The zero-order valence-electron chi connectivity index (χ0n) is 14.7. The third kappa shape index (κ3) is 4.20. The first-order valence-electron chi connectivity index (χ1n) is 8.96. The maximum atomic E-state index is 12.1. The van der Waals surface area contributed by atoms with E-state index in [4.69, 9.17) is 4.74 Å². The second kappa shape index (κ2) is 8.01. The summed E-state index contributed by atoms with van der Waals surface area (Å²) >= 11 is 0. The number of nitrogens with zero attached hydrogens (tertiary/aromatic N) is 1. The molecule has 5 nitrogen and oxygen atoms in total. The van der Waals surface area contributed by atoms with E-state index in [1.54, 1.807) is 0 Å². The van der Waals surface area contributed by atoms with Crippen molar-refractivity contribution in [3.63, 3.8) is 0 Å². The molecule has 5 heteroatoms. The molecule has 0 heterocycles. The van der Waals surface area contributed by atoms with Gasteiger partial charge in [0.25, 0.3) is 5.91 Å². The smallest absolute Gasteiger partial charge is 0.310 e. The van der Waals surface area contributed by atoms with Crippen LogP contribution in [-0.2, 0) is 20.7 Å². The minimum atomic E-state index is -0.808. The Labute approximate surface area is 153 Å². The molecule has 0 aliphatic heterocycles. The number of nitriles is 1. The van der Waals surface area contributed by atoms with Crippen LogP contribution in [0.3, 0.4) is 0 Å². The van der Waals surface area contributed by atoms with Gasteiger partial charge in [0.1, 0.15) is 5.54 Å². The zero-order chi connectivity index (χ0) is 18.4. The molecular formula is C21H22N2O3. The lowest BCUT2D eigenvalue weighted by Crippen LogP contribution is -2.50. The van der Waals surface area contributed by atoms with E-state index in [-0.39, 0.29) is 13.0 Å². The minimum absolute atomic E-state index is 0.109. The summed E-state index contributed by atoms with van der Waals surface area (Å²) < 4.78 is 5.13. The number of hydrogen-bond donors (Lipinski definition) is 1. The summed E-state index contributed by atoms with van der Waals surface area (Å²) in [5.74, 6) is -0.870. The van der Waals surface area contributed by atoms with Gasteiger partial charge in [0.2, 0.25) is 0 Å². The van der Waals surface area contributed by atoms with Crippen molar-refractivity contribution in [3.8, 4) is 6.07 Å². The van der Waals surface area contributed by atoms with Crippen LogP contribution < -0.4 is 5.32 Å². The third-order valence-corrected chi connectivity index (χ3v) is 4.88. The summed E-state index contributed by atoms with van der Waals surface area (Å²) in [4.78, 5) is 24.2. The van der Waals surface area contributed by atoms with Gasteiger partial charge in [-0.3, -0.25) is 9.59 Å². The van der Waals surface area contributed by atoms with Gasteiger partial charge in [-0.1, -0.05) is 61.7 Å². The van der Waals surface area contributed by atoms with Gasteiger partial charge in [0, 0.05) is 0 Å². The van der Waals surface area contributed by atoms with Gasteiger partial charge in [0.15, 0.2) is 6.61 Å². The Bertz CT molecular complexity index is 842. The third-order valence-electron chi connectivity index (χ3n) is 4.88. The lowest BCUT2D eigenvalue weighted by molar-refractivity contribution is -0.148. The van der Waals surface area contributed by atoms with Crippen molar-refractivity contribution in [1.29, 1.82) is 5.26 Å². The number of fused-ring (bicyclic) bond motifs is 1. The number of amides is 1. The number of hydrogen-bond acceptors (Lipinski definition) is 4. The molecule has 2 aromatic rings. The second-order valence-corrected chi connectivity index (χ2v) is 6.78. The predicted molar refractivity (Wildman–Crippen MR) is 98.2 cm³/mol. The Morgan fingerprint density at radius 2 is 1.81 bits per heavy atom. The number of nitrogens with one attached hydrogen (secondary N) is 1. The molecule has 2 aromatic carbocycles. The van der Waals surface area contributed by atoms with E-state index < -0.39 is 17.4 Å². The van der Waals surface area contributed by atoms with Crippen molar-refractivity contribution in [2.45, 2.75) is 44.1 Å². The van der Waals surface area contributed by atoms with E-state index in [9.17, 15) is 14.9 Å². The van der Waals surface area contributed by atoms with Crippen LogP contribution in [-0.4, -0.2) is 24.0 Å². The first-order chi connectivity index (χ1) is 12.6. The van der Waals surface area contributed by atoms with E-state index in [1.165, 1.54) is 0 Å². The standard InChI is InChI=1S/C21H22N2O3/c22-15-21(11-4-1-5-12-21)23-19(24)14-26-20(25)13-17-9-6-8-16-7-2-3-10-18(16)17/h2-3,6-10H,1,4-5,11-14H2,(H,23,24). The van der Waals surface area contributed by atoms with Crippen LogP contribution in [0.2, 0.25) is 0 Å². The Morgan fingerprint density at radius 1 is 1.08 bits per heavy atom. The lowest BCUT2D eigenvalue weighted by atomic mass is 9.83. The molecule has 1 N–H and O–H groups in total. The number of carbonyl (C=O) groups excluding carboxylic acids is 2. The predicted octanol–water partition coefficient (Wildman–Crippen LogP) is 3.27. The highest BCUT2D eigenvalue weighted by Crippen LogP contribution is 2.27. The molecule has 0 aromatic heterocycles. The summed E-state index contributed by atoms with van der Waals surface area (Å²) in [6, 6.07) is 15.8. The molecule has 1 aliphatic carbocycles. The quantitative estimate of drug-likeness (QED) is 0.840. The van der Waals surface area contributed by atoms with E-state index in [2.05, 4.69) is 11.4 Å². The first kappa shape index (κ1) is 17.9. The number of benzene rings is 2. The van der Waals surface area contributed by atoms with Crippen LogP contribution in [0.5, 0.6) is 0 Å². The van der Waals surface area contributed by atoms with Crippen LogP contribution >= 0.6 is 0 Å². The van der Waals surface area contributed by atoms with Gasteiger partial charge in [-0.25, -0.2) is 0 Å². The van der Waals surface area contributed by atoms with Gasteiger partial charge in [0.05, 0.1) is 12.5 Å². The fraction of sp³-hybridized carbons (Fsp3) is 0.381. The number of carbonyl (C=O) groups is 2. The monoisotopic (exact) mass is 350 g/mol. The normalized spacial score (nSPS) is 15.8. The molecule has 1 amide bonds. The SMILES string of the molecule is N#CC1(NC(=O)COC(=O)Cc2cccc3ccccc23)CCCCC1. The Hall–Kier alpha value is -2.87. The average Bonchev–Trinajstić information content (AvgIpc) is 2.67. The summed E-state index contributed by atoms with van der Waals surface area (Å²) in [5.41, 5.74) is 0.0615. The highest BCUT2D eigenvalue weighted by Gasteiger charge is 2.33. The molecule has 3 rings (SSSR count). The second-order valence-electron chi connectivity index (χ2n) is 6.78.